The van der Waals surface area contributed by atoms with Gasteiger partial charge in [-0.05, 0) is 18.4 Å². The average Bonchev–Trinajstić information content (AvgIpc) is 2.97. The molecule has 2 aromatic rings. The zero-order valence-corrected chi connectivity index (χ0v) is 13.2. The molecule has 4 rings (SSSR count). The second kappa shape index (κ2) is 5.81. The Morgan fingerprint density at radius 2 is 2.13 bits per heavy atom. The van der Waals surface area contributed by atoms with Crippen LogP contribution in [0.1, 0.15) is 36.0 Å². The van der Waals surface area contributed by atoms with Crippen LogP contribution in [0.15, 0.2) is 42.7 Å². The number of aromatic nitrogens is 2. The van der Waals surface area contributed by atoms with Crippen LogP contribution >= 0.6 is 0 Å². The largest absolute Gasteiger partial charge is 0.373 e. The van der Waals surface area contributed by atoms with Gasteiger partial charge in [-0.2, -0.15) is 5.10 Å². The fourth-order valence-corrected chi connectivity index (χ4v) is 3.49. The van der Waals surface area contributed by atoms with Crippen LogP contribution in [-0.2, 0) is 16.6 Å². The predicted molar refractivity (Wildman–Crippen MR) is 85.7 cm³/mol. The number of amides is 1. The molecule has 5 heteroatoms. The van der Waals surface area contributed by atoms with E-state index >= 15 is 0 Å². The Morgan fingerprint density at radius 1 is 1.30 bits per heavy atom. The molecule has 1 aromatic carbocycles. The summed E-state index contributed by atoms with van der Waals surface area (Å²) in [4.78, 5) is 12.6. The quantitative estimate of drug-likeness (QED) is 0.941. The Balaban J connectivity index is 1.40. The number of hydrogen-bond donors (Lipinski definition) is 1. The molecule has 0 radical (unpaired) electrons. The Labute approximate surface area is 135 Å². The van der Waals surface area contributed by atoms with Crippen molar-refractivity contribution in [1.29, 1.82) is 0 Å². The van der Waals surface area contributed by atoms with E-state index in [1.54, 1.807) is 10.9 Å². The van der Waals surface area contributed by atoms with Crippen molar-refractivity contribution in [2.75, 3.05) is 6.61 Å². The molecule has 23 heavy (non-hydrogen) atoms. The van der Waals surface area contributed by atoms with Crippen molar-refractivity contribution in [3.63, 3.8) is 0 Å². The van der Waals surface area contributed by atoms with Crippen LogP contribution in [-0.4, -0.2) is 28.3 Å². The summed E-state index contributed by atoms with van der Waals surface area (Å²) in [6.07, 6.45) is 5.35. The number of rotatable bonds is 4. The third-order valence-electron chi connectivity index (χ3n) is 4.83. The molecule has 2 aliphatic rings. The highest BCUT2D eigenvalue weighted by molar-refractivity contribution is 5.80. The summed E-state index contributed by atoms with van der Waals surface area (Å²) in [7, 11) is 1.88. The minimum Gasteiger partial charge on any atom is -0.373 e. The van der Waals surface area contributed by atoms with E-state index in [2.05, 4.69) is 34.7 Å². The van der Waals surface area contributed by atoms with E-state index in [4.69, 9.17) is 4.74 Å². The summed E-state index contributed by atoms with van der Waals surface area (Å²) in [5.74, 6) is 0.454. The second-order valence-corrected chi connectivity index (χ2v) is 6.50. The van der Waals surface area contributed by atoms with Crippen molar-refractivity contribution in [3.8, 4) is 0 Å². The molecular weight excluding hydrogens is 290 g/mol. The van der Waals surface area contributed by atoms with Crippen LogP contribution in [0.2, 0.25) is 0 Å². The zero-order chi connectivity index (χ0) is 15.8. The van der Waals surface area contributed by atoms with Gasteiger partial charge in [0.2, 0.25) is 5.91 Å². The summed E-state index contributed by atoms with van der Waals surface area (Å²) in [6, 6.07) is 10.7. The molecule has 5 nitrogen and oxygen atoms in total. The van der Waals surface area contributed by atoms with Gasteiger partial charge in [-0.1, -0.05) is 30.3 Å². The van der Waals surface area contributed by atoms with Crippen LogP contribution in [0, 0.1) is 5.92 Å². The van der Waals surface area contributed by atoms with Crippen LogP contribution in [0.4, 0.5) is 0 Å². The second-order valence-electron chi connectivity index (χ2n) is 6.50. The van der Waals surface area contributed by atoms with Crippen LogP contribution in [0.3, 0.4) is 0 Å². The maximum absolute atomic E-state index is 12.6. The lowest BCUT2D eigenvalue weighted by molar-refractivity contribution is -0.126. The summed E-state index contributed by atoms with van der Waals surface area (Å²) < 4.78 is 7.53. The normalized spacial score (nSPS) is 29.4. The zero-order valence-electron chi connectivity index (χ0n) is 13.2. The Morgan fingerprint density at radius 3 is 2.87 bits per heavy atom. The highest BCUT2D eigenvalue weighted by Gasteiger charge is 2.43. The first kappa shape index (κ1) is 14.5. The monoisotopic (exact) mass is 311 g/mol. The van der Waals surface area contributed by atoms with E-state index in [0.29, 0.717) is 12.5 Å². The van der Waals surface area contributed by atoms with Gasteiger partial charge in [0, 0.05) is 37.4 Å². The van der Waals surface area contributed by atoms with Gasteiger partial charge in [-0.15, -0.1) is 0 Å². The Hall–Kier alpha value is -2.14. The molecule has 1 aromatic heterocycles. The summed E-state index contributed by atoms with van der Waals surface area (Å²) >= 11 is 0. The van der Waals surface area contributed by atoms with Crippen LogP contribution in [0.5, 0.6) is 0 Å². The van der Waals surface area contributed by atoms with Gasteiger partial charge in [-0.3, -0.25) is 9.48 Å². The molecule has 0 bridgehead atoms. The van der Waals surface area contributed by atoms with Gasteiger partial charge in [0.05, 0.1) is 18.2 Å². The van der Waals surface area contributed by atoms with Crippen LogP contribution in [0.25, 0.3) is 0 Å². The summed E-state index contributed by atoms with van der Waals surface area (Å²) in [5.41, 5.74) is 2.30. The summed E-state index contributed by atoms with van der Waals surface area (Å²) in [5, 5.41) is 7.39. The Kier molecular flexibility index (Phi) is 3.65. The molecule has 0 spiro atoms. The van der Waals surface area contributed by atoms with Crippen molar-refractivity contribution >= 4 is 5.91 Å². The van der Waals surface area contributed by atoms with Crippen molar-refractivity contribution in [2.24, 2.45) is 13.0 Å². The number of ether oxygens (including phenoxy) is 1. The number of hydrogen-bond acceptors (Lipinski definition) is 3. The van der Waals surface area contributed by atoms with Crippen LogP contribution < -0.4 is 5.32 Å². The molecule has 1 aliphatic carbocycles. The number of benzene rings is 1. The third kappa shape index (κ3) is 2.88. The van der Waals surface area contributed by atoms with E-state index in [1.165, 1.54) is 5.56 Å². The van der Waals surface area contributed by atoms with Crippen molar-refractivity contribution in [1.82, 2.24) is 15.1 Å². The van der Waals surface area contributed by atoms with Gasteiger partial charge in [0.1, 0.15) is 0 Å². The lowest BCUT2D eigenvalue weighted by Crippen LogP contribution is -2.34. The van der Waals surface area contributed by atoms with E-state index in [9.17, 15) is 4.79 Å². The fourth-order valence-electron chi connectivity index (χ4n) is 3.49. The Bertz CT molecular complexity index is 697. The molecular formula is C18H21N3O2. The first-order valence-electron chi connectivity index (χ1n) is 8.18. The minimum atomic E-state index is -0.169. The van der Waals surface area contributed by atoms with Gasteiger partial charge in [-0.25, -0.2) is 0 Å². The average molecular weight is 311 g/mol. The number of carbonyl (C=O) groups excluding carboxylic acids is 1. The topological polar surface area (TPSA) is 56.1 Å². The fraction of sp³-hybridized carbons (Fsp3) is 0.444. The van der Waals surface area contributed by atoms with Crippen molar-refractivity contribution < 1.29 is 9.53 Å². The molecule has 1 N–H and O–H groups in total. The molecule has 1 saturated heterocycles. The first-order chi connectivity index (χ1) is 11.2. The molecule has 120 valence electrons. The van der Waals surface area contributed by atoms with Gasteiger partial charge in [0.15, 0.2) is 0 Å². The SMILES string of the molecule is Cn1cc([C@H]2OCC[C@@H]2C(=O)N[C@@H]2C[C@H]2c2ccccc2)cn1. The van der Waals surface area contributed by atoms with Gasteiger partial charge in [0.25, 0.3) is 0 Å². The van der Waals surface area contributed by atoms with Crippen molar-refractivity contribution in [3.05, 3.63) is 53.9 Å². The molecule has 1 saturated carbocycles. The maximum Gasteiger partial charge on any atom is 0.226 e. The number of nitrogens with zero attached hydrogens (tertiary/aromatic N) is 2. The van der Waals surface area contributed by atoms with E-state index < -0.39 is 0 Å². The van der Waals surface area contributed by atoms with Gasteiger partial charge >= 0.3 is 0 Å². The molecule has 1 aliphatic heterocycles. The first-order valence-corrected chi connectivity index (χ1v) is 8.18. The van der Waals surface area contributed by atoms with Gasteiger partial charge < -0.3 is 10.1 Å². The molecule has 0 unspecified atom stereocenters. The van der Waals surface area contributed by atoms with Crippen molar-refractivity contribution in [2.45, 2.75) is 30.9 Å². The number of aryl methyl sites for hydroxylation is 1. The number of carbonyl (C=O) groups is 1. The lowest BCUT2D eigenvalue weighted by atomic mass is 9.96. The lowest BCUT2D eigenvalue weighted by Gasteiger charge is -2.17. The smallest absolute Gasteiger partial charge is 0.226 e. The standard InChI is InChI=1S/C18H21N3O2/c1-21-11-13(10-19-21)17-14(7-8-23-17)18(22)20-16-9-15(16)12-5-3-2-4-6-12/h2-6,10-11,14-17H,7-9H2,1H3,(H,20,22)/t14-,15-,16+,17+/m0/s1. The van der Waals surface area contributed by atoms with E-state index in [1.807, 2.05) is 19.3 Å². The molecule has 1 amide bonds. The highest BCUT2D eigenvalue weighted by atomic mass is 16.5. The predicted octanol–water partition coefficient (Wildman–Crippen LogP) is 2.17. The third-order valence-corrected chi connectivity index (χ3v) is 4.83. The van der Waals surface area contributed by atoms with E-state index in [-0.39, 0.29) is 24.0 Å². The number of nitrogens with one attached hydrogen (secondary N) is 1. The summed E-state index contributed by atoms with van der Waals surface area (Å²) in [6.45, 7) is 0.629. The maximum atomic E-state index is 12.6. The molecule has 2 heterocycles. The molecule has 2 fully saturated rings. The minimum absolute atomic E-state index is 0.111. The molecule has 4 atom stereocenters. The van der Waals surface area contributed by atoms with E-state index in [0.717, 1.165) is 18.4 Å². The highest BCUT2D eigenvalue weighted by Crippen LogP contribution is 2.42.